The van der Waals surface area contributed by atoms with E-state index in [1.165, 1.54) is 18.2 Å². The summed E-state index contributed by atoms with van der Waals surface area (Å²) in [5.74, 6) is -0.505. The molecule has 4 fully saturated rings. The molecule has 2 N–H and O–H groups in total. The molecule has 0 radical (unpaired) electrons. The van der Waals surface area contributed by atoms with Crippen LogP contribution < -0.4 is 16.2 Å². The van der Waals surface area contributed by atoms with E-state index in [4.69, 9.17) is 0 Å². The lowest BCUT2D eigenvalue weighted by atomic mass is 10.0. The predicted molar refractivity (Wildman–Crippen MR) is 125 cm³/mol. The average Bonchev–Trinajstić information content (AvgIpc) is 3.76. The molecule has 1 aromatic heterocycles. The number of halogens is 3. The number of benzene rings is 1. The molecule has 9 heteroatoms. The van der Waals surface area contributed by atoms with E-state index < -0.39 is 29.8 Å². The summed E-state index contributed by atoms with van der Waals surface area (Å²) < 4.78 is 42.7. The van der Waals surface area contributed by atoms with E-state index in [2.05, 4.69) is 22.6 Å². The molecule has 1 saturated heterocycles. The zero-order chi connectivity index (χ0) is 24.6. The number of rotatable bonds is 7. The number of anilines is 1. The molecule has 186 valence electrons. The molecule has 3 saturated carbocycles. The van der Waals surface area contributed by atoms with Crippen LogP contribution in [0.1, 0.15) is 66.2 Å². The summed E-state index contributed by atoms with van der Waals surface area (Å²) in [6, 6.07) is 4.80. The number of carbonyl (C=O) groups is 1. The van der Waals surface area contributed by atoms with Crippen molar-refractivity contribution in [3.8, 4) is 0 Å². The molecule has 1 spiro atoms. The van der Waals surface area contributed by atoms with Crippen molar-refractivity contribution in [3.05, 3.63) is 63.3 Å². The highest BCUT2D eigenvalue weighted by Gasteiger charge is 2.64. The molecular formula is C26H29F3N4O2. The number of nitrogens with zero attached hydrogens (tertiary/aromatic N) is 2. The van der Waals surface area contributed by atoms with Crippen LogP contribution in [0.2, 0.25) is 0 Å². The Kier molecular flexibility index (Phi) is 5.08. The third-order valence-corrected chi connectivity index (χ3v) is 8.51. The Bertz CT molecular complexity index is 1250. The molecule has 2 heterocycles. The Labute approximate surface area is 201 Å². The van der Waals surface area contributed by atoms with Crippen LogP contribution in [0.5, 0.6) is 0 Å². The second-order valence-electron chi connectivity index (χ2n) is 10.9. The van der Waals surface area contributed by atoms with Crippen LogP contribution >= 0.6 is 0 Å². The minimum absolute atomic E-state index is 0.00197. The number of alkyl halides is 2. The van der Waals surface area contributed by atoms with E-state index >= 15 is 0 Å². The Morgan fingerprint density at radius 2 is 1.86 bits per heavy atom. The van der Waals surface area contributed by atoms with Gasteiger partial charge in [-0.25, -0.2) is 13.2 Å². The third kappa shape index (κ3) is 3.84. The van der Waals surface area contributed by atoms with Crippen LogP contribution in [-0.4, -0.2) is 41.6 Å². The van der Waals surface area contributed by atoms with Crippen molar-refractivity contribution in [2.75, 3.05) is 25.5 Å². The summed E-state index contributed by atoms with van der Waals surface area (Å²) in [6.07, 6.45) is 1.83. The number of aromatic nitrogens is 1. The number of carbonyl (C=O) groups excluding carboxylic acids is 1. The zero-order valence-corrected chi connectivity index (χ0v) is 19.7. The second kappa shape index (κ2) is 7.85. The predicted octanol–water partition coefficient (Wildman–Crippen LogP) is 4.11. The van der Waals surface area contributed by atoms with Crippen molar-refractivity contribution >= 4 is 11.6 Å². The van der Waals surface area contributed by atoms with Gasteiger partial charge < -0.3 is 20.1 Å². The molecule has 6 rings (SSSR count). The number of likely N-dealkylation sites (tertiary alicyclic amines) is 1. The van der Waals surface area contributed by atoms with Gasteiger partial charge in [0.1, 0.15) is 5.82 Å². The molecule has 6 nitrogen and oxygen atoms in total. The van der Waals surface area contributed by atoms with Crippen LogP contribution in [-0.2, 0) is 0 Å². The molecule has 4 aliphatic rings. The van der Waals surface area contributed by atoms with E-state index in [0.29, 0.717) is 23.1 Å². The highest BCUT2D eigenvalue weighted by molar-refractivity contribution is 5.99. The first-order chi connectivity index (χ1) is 16.7. The summed E-state index contributed by atoms with van der Waals surface area (Å²) in [5, 5.41) is 6.19. The fourth-order valence-electron chi connectivity index (χ4n) is 6.06. The van der Waals surface area contributed by atoms with E-state index in [0.717, 1.165) is 38.4 Å². The molecule has 1 aliphatic heterocycles. The number of hydrogen-bond acceptors (Lipinski definition) is 4. The second-order valence-corrected chi connectivity index (χ2v) is 10.9. The lowest BCUT2D eigenvalue weighted by Gasteiger charge is -2.20. The molecule has 0 bridgehead atoms. The lowest BCUT2D eigenvalue weighted by Crippen LogP contribution is -2.32. The van der Waals surface area contributed by atoms with Crippen molar-refractivity contribution < 1.29 is 18.0 Å². The summed E-state index contributed by atoms with van der Waals surface area (Å²) in [4.78, 5) is 28.7. The Hall–Kier alpha value is -2.81. The monoisotopic (exact) mass is 486 g/mol. The van der Waals surface area contributed by atoms with Crippen LogP contribution in [0.4, 0.5) is 18.9 Å². The van der Waals surface area contributed by atoms with Crippen LogP contribution in [0.3, 0.4) is 0 Å². The quantitative estimate of drug-likeness (QED) is 0.618. The lowest BCUT2D eigenvalue weighted by molar-refractivity contribution is 0.0939. The zero-order valence-electron chi connectivity index (χ0n) is 19.7. The molecular weight excluding hydrogens is 457 g/mol. The van der Waals surface area contributed by atoms with Crippen molar-refractivity contribution in [2.45, 2.75) is 50.7 Å². The summed E-state index contributed by atoms with van der Waals surface area (Å²) >= 11 is 0. The van der Waals surface area contributed by atoms with Crippen molar-refractivity contribution in [1.82, 2.24) is 14.8 Å². The largest absolute Gasteiger partial charge is 0.381 e. The number of amides is 1. The van der Waals surface area contributed by atoms with Gasteiger partial charge in [-0.15, -0.1) is 0 Å². The molecule has 35 heavy (non-hydrogen) atoms. The number of hydrogen-bond donors (Lipinski definition) is 2. The highest BCUT2D eigenvalue weighted by Crippen LogP contribution is 2.72. The minimum atomic E-state index is -2.94. The first-order valence-electron chi connectivity index (χ1n) is 12.3. The number of pyridine rings is 1. The summed E-state index contributed by atoms with van der Waals surface area (Å²) in [6.45, 7) is 3.51. The first-order valence-corrected chi connectivity index (χ1v) is 12.3. The Balaban J connectivity index is 1.28. The molecule has 1 aromatic carbocycles. The van der Waals surface area contributed by atoms with Crippen molar-refractivity contribution in [2.24, 2.45) is 17.3 Å². The van der Waals surface area contributed by atoms with Gasteiger partial charge in [0.25, 0.3) is 17.9 Å². The molecule has 0 unspecified atom stereocenters. The van der Waals surface area contributed by atoms with Gasteiger partial charge in [-0.1, -0.05) is 18.2 Å². The molecule has 3 aliphatic carbocycles. The van der Waals surface area contributed by atoms with Gasteiger partial charge in [0, 0.05) is 43.0 Å². The smallest absolute Gasteiger partial charge is 0.266 e. The fourth-order valence-corrected chi connectivity index (χ4v) is 6.06. The molecule has 1 amide bonds. The van der Waals surface area contributed by atoms with Crippen LogP contribution in [0.15, 0.2) is 35.3 Å². The topological polar surface area (TPSA) is 66.4 Å². The summed E-state index contributed by atoms with van der Waals surface area (Å²) in [7, 11) is 2.08. The number of piperidine rings is 1. The van der Waals surface area contributed by atoms with Gasteiger partial charge >= 0.3 is 0 Å². The van der Waals surface area contributed by atoms with Gasteiger partial charge in [-0.05, 0) is 50.5 Å². The van der Waals surface area contributed by atoms with Gasteiger partial charge in [0.2, 0.25) is 0 Å². The van der Waals surface area contributed by atoms with Gasteiger partial charge in [0.05, 0.1) is 22.9 Å². The highest BCUT2D eigenvalue weighted by atomic mass is 19.3. The molecule has 2 aromatic rings. The van der Waals surface area contributed by atoms with E-state index in [1.54, 1.807) is 17.7 Å². The maximum atomic E-state index is 14.7. The van der Waals surface area contributed by atoms with Gasteiger partial charge in [-0.2, -0.15) is 0 Å². The fraction of sp³-hybridized carbons (Fsp3) is 0.538. The van der Waals surface area contributed by atoms with Crippen molar-refractivity contribution in [3.63, 3.8) is 0 Å². The number of fused-ring (bicyclic) bond motifs is 1. The SMILES string of the molecule is C[C@@H](NC(=O)c1cn([C@H]2CC23CC3)c(=O)cc1N[C@H]1[C@@H]2CN(C)C[C@@H]21)c1cccc(C(F)F)c1F. The van der Waals surface area contributed by atoms with E-state index in [9.17, 15) is 22.8 Å². The normalized spacial score (nSPS) is 28.6. The van der Waals surface area contributed by atoms with Gasteiger partial charge in [-0.3, -0.25) is 9.59 Å². The van der Waals surface area contributed by atoms with Crippen molar-refractivity contribution in [1.29, 1.82) is 0 Å². The maximum Gasteiger partial charge on any atom is 0.266 e. The third-order valence-electron chi connectivity index (χ3n) is 8.51. The molecule has 5 atom stereocenters. The van der Waals surface area contributed by atoms with E-state index in [1.807, 2.05) is 0 Å². The number of nitrogens with one attached hydrogen (secondary N) is 2. The Morgan fingerprint density at radius 1 is 1.17 bits per heavy atom. The average molecular weight is 487 g/mol. The maximum absolute atomic E-state index is 14.7. The van der Waals surface area contributed by atoms with Gasteiger partial charge in [0.15, 0.2) is 0 Å². The van der Waals surface area contributed by atoms with Crippen LogP contribution in [0.25, 0.3) is 0 Å². The van der Waals surface area contributed by atoms with E-state index in [-0.39, 0.29) is 28.6 Å². The Morgan fingerprint density at radius 3 is 2.49 bits per heavy atom. The summed E-state index contributed by atoms with van der Waals surface area (Å²) in [5.41, 5.74) is 0.195. The first kappa shape index (κ1) is 22.6. The minimum Gasteiger partial charge on any atom is -0.381 e. The van der Waals surface area contributed by atoms with Crippen LogP contribution in [0, 0.1) is 23.1 Å². The standard InChI is InChI=1S/C26H29F3N4O2/c1-13(14-4-3-5-15(22(14)27)24(28)29)30-25(35)18-12-33(20-9-26(20)6-7-26)21(34)8-19(18)31-23-16-10-32(2)11-17(16)23/h3-5,8,12-13,16-17,20,23-24,31H,6-7,9-11H2,1-2H3,(H,30,35)/t13-,16-,17+,20+,23+/m1/s1.